The van der Waals surface area contributed by atoms with Crippen molar-refractivity contribution in [2.24, 2.45) is 17.8 Å². The van der Waals surface area contributed by atoms with Gasteiger partial charge in [-0.1, -0.05) is 6.07 Å². The summed E-state index contributed by atoms with van der Waals surface area (Å²) in [6, 6.07) is 10.9. The highest BCUT2D eigenvalue weighted by atomic mass is 19.4. The number of halogens is 3. The van der Waals surface area contributed by atoms with Crippen molar-refractivity contribution >= 4 is 11.6 Å². The summed E-state index contributed by atoms with van der Waals surface area (Å²) in [5.41, 5.74) is 0.434. The van der Waals surface area contributed by atoms with Crippen LogP contribution in [-0.2, 0) is 16.6 Å². The normalized spacial score (nSPS) is 26.5. The Bertz CT molecular complexity index is 1380. The third-order valence-corrected chi connectivity index (χ3v) is 9.34. The van der Waals surface area contributed by atoms with Crippen molar-refractivity contribution in [2.75, 3.05) is 31.1 Å². The summed E-state index contributed by atoms with van der Waals surface area (Å²) in [6.07, 6.45) is 6.56. The van der Waals surface area contributed by atoms with E-state index in [9.17, 15) is 23.1 Å². The molecule has 1 unspecified atom stereocenters. The summed E-state index contributed by atoms with van der Waals surface area (Å²) in [6.45, 7) is 2.51. The van der Waals surface area contributed by atoms with E-state index < -0.39 is 17.3 Å². The topological polar surface area (TPSA) is 82.5 Å². The number of carbonyl (C=O) groups is 1. The molecule has 1 aromatic carbocycles. The largest absolute Gasteiger partial charge is 0.416 e. The molecule has 1 saturated carbocycles. The van der Waals surface area contributed by atoms with Gasteiger partial charge < -0.3 is 14.9 Å². The number of pyridine rings is 1. The molecule has 1 aliphatic carbocycles. The van der Waals surface area contributed by atoms with Gasteiger partial charge in [-0.05, 0) is 93.2 Å². The molecule has 0 bridgehead atoms. The van der Waals surface area contributed by atoms with Crippen LogP contribution >= 0.6 is 0 Å². The van der Waals surface area contributed by atoms with Crippen LogP contribution in [-0.4, -0.2) is 57.0 Å². The molecule has 222 valence electrons. The Morgan fingerprint density at radius 3 is 2.43 bits per heavy atom. The molecule has 2 aromatic heterocycles. The Balaban J connectivity index is 0.977. The van der Waals surface area contributed by atoms with E-state index in [0.29, 0.717) is 61.4 Å². The van der Waals surface area contributed by atoms with E-state index >= 15 is 0 Å². The fourth-order valence-electron chi connectivity index (χ4n) is 6.93. The summed E-state index contributed by atoms with van der Waals surface area (Å²) in [5.74, 6) is 1.49. The minimum Gasteiger partial charge on any atom is -0.384 e. The maximum atomic E-state index is 13.3. The minimum absolute atomic E-state index is 0.125. The molecular weight excluding hydrogens is 543 g/mol. The van der Waals surface area contributed by atoms with Gasteiger partial charge in [0.15, 0.2) is 5.82 Å². The van der Waals surface area contributed by atoms with Crippen molar-refractivity contribution in [3.05, 3.63) is 72.3 Å². The van der Waals surface area contributed by atoms with Crippen LogP contribution in [0.2, 0.25) is 0 Å². The quantitative estimate of drug-likeness (QED) is 0.404. The van der Waals surface area contributed by atoms with Crippen LogP contribution in [0.3, 0.4) is 0 Å². The van der Waals surface area contributed by atoms with Crippen LogP contribution in [0, 0.1) is 17.8 Å². The van der Waals surface area contributed by atoms with Crippen LogP contribution in [0.15, 0.2) is 61.1 Å². The molecule has 4 heterocycles. The highest BCUT2D eigenvalue weighted by molar-refractivity contribution is 5.80. The van der Waals surface area contributed by atoms with Crippen molar-refractivity contribution in [1.82, 2.24) is 19.9 Å². The molecule has 3 fully saturated rings. The number of alkyl halides is 3. The van der Waals surface area contributed by atoms with Gasteiger partial charge in [-0.25, -0.2) is 9.97 Å². The Morgan fingerprint density at radius 1 is 0.929 bits per heavy atom. The molecule has 7 nitrogen and oxygen atoms in total. The lowest BCUT2D eigenvalue weighted by Gasteiger charge is -2.36. The fraction of sp³-hybridized carbons (Fsp3) is 0.500. The number of amides is 1. The SMILES string of the molecule is O=C(C1CCN(c2cccc(C(F)(F)F)c2)C1)N1CC[C@H](CC2CCC(O)(c3ccc(-c4ncccn4)cn3)CC2)C1. The third-order valence-electron chi connectivity index (χ3n) is 9.34. The highest BCUT2D eigenvalue weighted by Crippen LogP contribution is 2.42. The number of hydrogen-bond acceptors (Lipinski definition) is 6. The molecule has 0 radical (unpaired) electrons. The number of hydrogen-bond donors (Lipinski definition) is 1. The van der Waals surface area contributed by atoms with Gasteiger partial charge in [0.25, 0.3) is 0 Å². The zero-order valence-electron chi connectivity index (χ0n) is 23.5. The summed E-state index contributed by atoms with van der Waals surface area (Å²) in [4.78, 5) is 30.2. The van der Waals surface area contributed by atoms with Gasteiger partial charge in [0.05, 0.1) is 17.2 Å². The molecule has 2 atom stereocenters. The lowest BCUT2D eigenvalue weighted by molar-refractivity contribution is -0.137. The van der Waals surface area contributed by atoms with Crippen LogP contribution in [0.5, 0.6) is 0 Å². The van der Waals surface area contributed by atoms with Crippen molar-refractivity contribution in [2.45, 2.75) is 56.7 Å². The van der Waals surface area contributed by atoms with E-state index in [1.54, 1.807) is 30.7 Å². The predicted octanol–water partition coefficient (Wildman–Crippen LogP) is 5.70. The van der Waals surface area contributed by atoms with Gasteiger partial charge in [0.2, 0.25) is 5.91 Å². The molecule has 10 heteroatoms. The van der Waals surface area contributed by atoms with Crippen molar-refractivity contribution in [3.8, 4) is 11.4 Å². The van der Waals surface area contributed by atoms with Crippen LogP contribution in [0.25, 0.3) is 11.4 Å². The Hall–Kier alpha value is -3.53. The first-order valence-electron chi connectivity index (χ1n) is 14.9. The van der Waals surface area contributed by atoms with Gasteiger partial charge in [-0.3, -0.25) is 9.78 Å². The van der Waals surface area contributed by atoms with E-state index in [0.717, 1.165) is 50.4 Å². The molecule has 3 aliphatic rings. The number of benzene rings is 1. The Kier molecular flexibility index (Phi) is 7.91. The predicted molar refractivity (Wildman–Crippen MR) is 152 cm³/mol. The molecule has 0 spiro atoms. The van der Waals surface area contributed by atoms with Gasteiger partial charge >= 0.3 is 6.18 Å². The fourth-order valence-corrected chi connectivity index (χ4v) is 6.93. The number of nitrogens with zero attached hydrogens (tertiary/aromatic N) is 5. The van der Waals surface area contributed by atoms with E-state index in [1.165, 1.54) is 12.1 Å². The smallest absolute Gasteiger partial charge is 0.384 e. The Morgan fingerprint density at radius 2 is 1.71 bits per heavy atom. The summed E-state index contributed by atoms with van der Waals surface area (Å²) in [7, 11) is 0. The van der Waals surface area contributed by atoms with Crippen molar-refractivity contribution in [1.29, 1.82) is 0 Å². The number of aliphatic hydroxyl groups is 1. The van der Waals surface area contributed by atoms with Gasteiger partial charge in [-0.15, -0.1) is 0 Å². The summed E-state index contributed by atoms with van der Waals surface area (Å²) >= 11 is 0. The second-order valence-corrected chi connectivity index (χ2v) is 12.1. The van der Waals surface area contributed by atoms with Crippen molar-refractivity contribution < 1.29 is 23.1 Å². The molecule has 2 aliphatic heterocycles. The lowest BCUT2D eigenvalue weighted by Crippen LogP contribution is -2.36. The highest BCUT2D eigenvalue weighted by Gasteiger charge is 2.39. The molecular formula is C32H36F3N5O2. The number of carbonyl (C=O) groups excluding carboxylic acids is 1. The second-order valence-electron chi connectivity index (χ2n) is 12.1. The third kappa shape index (κ3) is 6.14. The van der Waals surface area contributed by atoms with E-state index in [2.05, 4.69) is 15.0 Å². The van der Waals surface area contributed by atoms with E-state index in [-0.39, 0.29) is 11.8 Å². The summed E-state index contributed by atoms with van der Waals surface area (Å²) in [5, 5.41) is 11.4. The second kappa shape index (κ2) is 11.6. The average molecular weight is 580 g/mol. The molecule has 1 N–H and O–H groups in total. The van der Waals surface area contributed by atoms with Gasteiger partial charge in [-0.2, -0.15) is 13.2 Å². The zero-order valence-corrected chi connectivity index (χ0v) is 23.5. The lowest BCUT2D eigenvalue weighted by atomic mass is 9.74. The maximum Gasteiger partial charge on any atom is 0.416 e. The summed E-state index contributed by atoms with van der Waals surface area (Å²) < 4.78 is 39.5. The number of aromatic nitrogens is 3. The first kappa shape index (κ1) is 28.6. The number of likely N-dealkylation sites (tertiary alicyclic amines) is 1. The van der Waals surface area contributed by atoms with Crippen molar-refractivity contribution in [3.63, 3.8) is 0 Å². The molecule has 1 amide bonds. The molecule has 6 rings (SSSR count). The van der Waals surface area contributed by atoms with Gasteiger partial charge in [0.1, 0.15) is 5.60 Å². The first-order chi connectivity index (χ1) is 20.2. The molecule has 3 aromatic rings. The zero-order chi connectivity index (χ0) is 29.3. The minimum atomic E-state index is -4.38. The van der Waals surface area contributed by atoms with Gasteiger partial charge in [0, 0.05) is 56.0 Å². The standard InChI is InChI=1S/C32H36F3N5O2/c33-32(34,35)26-3-1-4-27(18-26)39-16-10-25(21-39)30(41)40-15-9-23(20-40)17-22-7-11-31(42,12-8-22)28-6-5-24(19-38-28)29-36-13-2-14-37-29/h1-6,13-14,18-19,22-23,25,42H,7-12,15-17,20-21H2/t22?,23-,25?,31?/m1/s1. The van der Waals surface area contributed by atoms with Crippen LogP contribution < -0.4 is 4.90 Å². The first-order valence-corrected chi connectivity index (χ1v) is 14.9. The number of rotatable bonds is 6. The van der Waals surface area contributed by atoms with E-state index in [1.807, 2.05) is 21.9 Å². The number of anilines is 1. The van der Waals surface area contributed by atoms with E-state index in [4.69, 9.17) is 0 Å². The van der Waals surface area contributed by atoms with Crippen LogP contribution in [0.1, 0.15) is 56.2 Å². The monoisotopic (exact) mass is 579 g/mol. The maximum absolute atomic E-state index is 13.3. The average Bonchev–Trinajstić information content (AvgIpc) is 3.69. The molecule has 2 saturated heterocycles. The Labute approximate surface area is 243 Å². The van der Waals surface area contributed by atoms with Crippen LogP contribution in [0.4, 0.5) is 18.9 Å². The molecule has 42 heavy (non-hydrogen) atoms.